The second kappa shape index (κ2) is 14.9. The van der Waals surface area contributed by atoms with Crippen molar-refractivity contribution in [3.63, 3.8) is 0 Å². The van der Waals surface area contributed by atoms with E-state index in [2.05, 4.69) is 24.8 Å². The summed E-state index contributed by atoms with van der Waals surface area (Å²) in [6.07, 6.45) is 8.41. The number of halogens is 1. The van der Waals surface area contributed by atoms with Gasteiger partial charge in [0.15, 0.2) is 11.6 Å². The van der Waals surface area contributed by atoms with Crippen molar-refractivity contribution in [1.82, 2.24) is 24.8 Å². The van der Waals surface area contributed by atoms with Gasteiger partial charge in [-0.05, 0) is 91.6 Å². The SMILES string of the molecule is Cc1ncc(N([C@@H]2CC[C@@H](CN3CCC4(CC3)CN(c3ncncc3Oc3ccc(F)cc3C(=O)N(C(C)C)C(C)C)C4)OC2)S(=O)[O-])s1. The van der Waals surface area contributed by atoms with E-state index in [9.17, 15) is 17.9 Å². The number of amides is 1. The summed E-state index contributed by atoms with van der Waals surface area (Å²) in [5, 5.41) is 1.46. The zero-order valence-electron chi connectivity index (χ0n) is 28.7. The molecule has 1 unspecified atom stereocenters. The van der Waals surface area contributed by atoms with Crippen LogP contribution in [0.25, 0.3) is 0 Å². The van der Waals surface area contributed by atoms with Gasteiger partial charge in [-0.15, -0.1) is 11.3 Å². The van der Waals surface area contributed by atoms with Gasteiger partial charge in [-0.25, -0.2) is 19.3 Å². The number of thiazole rings is 1. The molecule has 0 bridgehead atoms. The number of likely N-dealkylation sites (tertiary alicyclic amines) is 1. The fraction of sp³-hybridized carbons (Fsp3) is 0.588. The highest BCUT2D eigenvalue weighted by Crippen LogP contribution is 2.45. The average Bonchev–Trinajstić information content (AvgIpc) is 3.47. The maximum absolute atomic E-state index is 14.4. The van der Waals surface area contributed by atoms with E-state index in [4.69, 9.17) is 9.47 Å². The van der Waals surface area contributed by atoms with Crippen molar-refractivity contribution in [3.05, 3.63) is 53.3 Å². The smallest absolute Gasteiger partial charge is 0.258 e. The third-order valence-corrected chi connectivity index (χ3v) is 11.6. The van der Waals surface area contributed by atoms with Crippen molar-refractivity contribution < 1.29 is 27.4 Å². The first-order valence-corrected chi connectivity index (χ1v) is 18.8. The molecule has 5 heterocycles. The zero-order valence-corrected chi connectivity index (χ0v) is 30.3. The monoisotopic (exact) mass is 714 g/mol. The lowest BCUT2D eigenvalue weighted by molar-refractivity contribution is -0.0269. The molecule has 2 aromatic heterocycles. The largest absolute Gasteiger partial charge is 0.755 e. The van der Waals surface area contributed by atoms with Gasteiger partial charge in [0.1, 0.15) is 22.9 Å². The molecule has 6 rings (SSSR count). The molecule has 3 saturated heterocycles. The molecule has 1 aromatic carbocycles. The lowest BCUT2D eigenvalue weighted by Crippen LogP contribution is -2.61. The van der Waals surface area contributed by atoms with Crippen LogP contribution in [-0.2, 0) is 16.0 Å². The molecule has 0 saturated carbocycles. The van der Waals surface area contributed by atoms with Crippen LogP contribution in [0.1, 0.15) is 68.7 Å². The molecule has 3 aromatic rings. The van der Waals surface area contributed by atoms with Crippen molar-refractivity contribution >= 4 is 39.3 Å². The van der Waals surface area contributed by atoms with Crippen LogP contribution in [0.3, 0.4) is 0 Å². The predicted octanol–water partition coefficient (Wildman–Crippen LogP) is 5.18. The highest BCUT2D eigenvalue weighted by Gasteiger charge is 2.46. The maximum atomic E-state index is 14.4. The molecule has 0 N–H and O–H groups in total. The molecular weight excluding hydrogens is 670 g/mol. The Morgan fingerprint density at radius 2 is 1.88 bits per heavy atom. The van der Waals surface area contributed by atoms with Crippen LogP contribution in [0, 0.1) is 18.2 Å². The van der Waals surface area contributed by atoms with Gasteiger partial charge in [-0.3, -0.25) is 13.3 Å². The van der Waals surface area contributed by atoms with Gasteiger partial charge in [0, 0.05) is 48.4 Å². The number of hydrogen-bond acceptors (Lipinski definition) is 11. The van der Waals surface area contributed by atoms with E-state index >= 15 is 0 Å². The minimum atomic E-state index is -2.38. The van der Waals surface area contributed by atoms with Crippen molar-refractivity contribution in [3.8, 4) is 11.5 Å². The second-order valence-electron chi connectivity index (χ2n) is 14.0. The number of aromatic nitrogens is 3. The summed E-state index contributed by atoms with van der Waals surface area (Å²) in [6.45, 7) is 14.4. The maximum Gasteiger partial charge on any atom is 0.258 e. The fourth-order valence-corrected chi connectivity index (χ4v) is 9.03. The first-order valence-electron chi connectivity index (χ1n) is 16.9. The van der Waals surface area contributed by atoms with Crippen LogP contribution in [0.15, 0.2) is 36.9 Å². The van der Waals surface area contributed by atoms with Crippen molar-refractivity contribution in [2.45, 2.75) is 84.5 Å². The number of carbonyl (C=O) groups excluding carboxylic acids is 1. The molecule has 0 aliphatic carbocycles. The molecule has 12 nitrogen and oxygen atoms in total. The summed E-state index contributed by atoms with van der Waals surface area (Å²) in [5.41, 5.74) is 0.337. The molecule has 15 heteroatoms. The molecule has 49 heavy (non-hydrogen) atoms. The Labute approximate surface area is 294 Å². The van der Waals surface area contributed by atoms with E-state index in [1.165, 1.54) is 40.2 Å². The molecule has 1 amide bonds. The van der Waals surface area contributed by atoms with Crippen LogP contribution in [0.4, 0.5) is 15.2 Å². The Balaban J connectivity index is 1.03. The number of carbonyl (C=O) groups is 1. The quantitative estimate of drug-likeness (QED) is 0.245. The lowest BCUT2D eigenvalue weighted by Gasteiger charge is -2.54. The number of hydrogen-bond donors (Lipinski definition) is 0. The summed E-state index contributed by atoms with van der Waals surface area (Å²) >= 11 is -1.01. The second-order valence-corrected chi connectivity index (χ2v) is 16.0. The Hall–Kier alpha value is -3.24. The zero-order chi connectivity index (χ0) is 34.9. The Kier molecular flexibility index (Phi) is 10.8. The van der Waals surface area contributed by atoms with E-state index in [1.54, 1.807) is 17.3 Å². The number of aryl methyl sites for hydroxylation is 1. The van der Waals surface area contributed by atoms with Gasteiger partial charge in [0.25, 0.3) is 5.91 Å². The van der Waals surface area contributed by atoms with E-state index < -0.39 is 17.1 Å². The summed E-state index contributed by atoms with van der Waals surface area (Å²) in [6, 6.07) is 3.65. The molecule has 266 valence electrons. The molecule has 3 atom stereocenters. The number of rotatable bonds is 11. The van der Waals surface area contributed by atoms with E-state index in [1.807, 2.05) is 34.6 Å². The van der Waals surface area contributed by atoms with Gasteiger partial charge >= 0.3 is 0 Å². The molecule has 3 aliphatic heterocycles. The number of benzene rings is 1. The number of ether oxygens (including phenoxy) is 2. The third-order valence-electron chi connectivity index (χ3n) is 9.79. The first kappa shape index (κ1) is 35.6. The average molecular weight is 715 g/mol. The van der Waals surface area contributed by atoms with E-state index in [0.29, 0.717) is 23.2 Å². The van der Waals surface area contributed by atoms with Gasteiger partial charge in [-0.2, -0.15) is 0 Å². The minimum absolute atomic E-state index is 0.0712. The van der Waals surface area contributed by atoms with Crippen molar-refractivity contribution in [2.24, 2.45) is 5.41 Å². The number of nitrogens with zero attached hydrogens (tertiary/aromatic N) is 7. The minimum Gasteiger partial charge on any atom is -0.755 e. The lowest BCUT2D eigenvalue weighted by atomic mass is 9.72. The summed E-state index contributed by atoms with van der Waals surface area (Å²) < 4.78 is 52.3. The van der Waals surface area contributed by atoms with Crippen LogP contribution in [0.2, 0.25) is 0 Å². The van der Waals surface area contributed by atoms with Gasteiger partial charge in [0.2, 0.25) is 0 Å². The first-order chi connectivity index (χ1) is 23.4. The number of anilines is 2. The Morgan fingerprint density at radius 3 is 2.49 bits per heavy atom. The topological polar surface area (TPSA) is 127 Å². The number of piperidine rings is 1. The van der Waals surface area contributed by atoms with Gasteiger partial charge in [0.05, 0.1) is 41.7 Å². The van der Waals surface area contributed by atoms with Crippen molar-refractivity contribution in [2.75, 3.05) is 48.5 Å². The predicted molar refractivity (Wildman–Crippen MR) is 186 cm³/mol. The highest BCUT2D eigenvalue weighted by atomic mass is 32.2. The Bertz CT molecular complexity index is 1630. The summed E-state index contributed by atoms with van der Waals surface area (Å²) in [7, 11) is 0. The van der Waals surface area contributed by atoms with Crippen LogP contribution in [-0.4, -0.2) is 103 Å². The highest BCUT2D eigenvalue weighted by molar-refractivity contribution is 7.81. The normalized spacial score (nSPS) is 21.5. The summed E-state index contributed by atoms with van der Waals surface area (Å²) in [4.78, 5) is 32.9. The van der Waals surface area contributed by atoms with Crippen LogP contribution >= 0.6 is 11.3 Å². The standard InChI is InChI=1S/C34H46FN7O5S2/c1-22(2)41(23(3)4)33(43)28-14-25(35)6-9-29(28)47-30-15-36-21-38-32(30)40-19-34(20-40)10-12-39(13-11-34)17-27-8-7-26(18-46-27)42(49(44)45)31-16-37-24(5)48-31/h6,9,14-16,21-23,26-27H,7-8,10-13,17-20H2,1-5H3,(H,44,45)/p-1/t26-,27+/m1/s1. The van der Waals surface area contributed by atoms with E-state index in [0.717, 1.165) is 63.4 Å². The Morgan fingerprint density at radius 1 is 1.14 bits per heavy atom. The summed E-state index contributed by atoms with van der Waals surface area (Å²) in [5.74, 6) is 0.545. The molecule has 3 aliphatic rings. The molecule has 0 radical (unpaired) electrons. The van der Waals surface area contributed by atoms with E-state index in [-0.39, 0.29) is 46.9 Å². The third kappa shape index (κ3) is 7.90. The van der Waals surface area contributed by atoms with Crippen LogP contribution in [0.5, 0.6) is 11.5 Å². The fourth-order valence-electron chi connectivity index (χ4n) is 7.38. The molecular formula is C34H45FN7O5S2-. The molecule has 3 fully saturated rings. The van der Waals surface area contributed by atoms with Gasteiger partial charge in [-0.1, -0.05) is 0 Å². The van der Waals surface area contributed by atoms with Crippen molar-refractivity contribution in [1.29, 1.82) is 0 Å². The molecule has 1 spiro atoms. The van der Waals surface area contributed by atoms with Crippen LogP contribution < -0.4 is 13.9 Å². The van der Waals surface area contributed by atoms with Gasteiger partial charge < -0.3 is 28.7 Å².